The molecule has 1 heterocycles. The van der Waals surface area contributed by atoms with Crippen LogP contribution in [0.2, 0.25) is 0 Å². The van der Waals surface area contributed by atoms with E-state index in [2.05, 4.69) is 0 Å². The van der Waals surface area contributed by atoms with E-state index in [0.717, 1.165) is 0 Å². The summed E-state index contributed by atoms with van der Waals surface area (Å²) in [5.74, 6) is 0.568. The third-order valence-corrected chi connectivity index (χ3v) is 5.31. The topological polar surface area (TPSA) is 96.3 Å². The van der Waals surface area contributed by atoms with Crippen LogP contribution >= 0.6 is 0 Å². The minimum Gasteiger partial charge on any atom is -0.488 e. The molecule has 2 fully saturated rings. The Bertz CT molecular complexity index is 663. The monoisotopic (exact) mass is 363 g/mol. The largest absolute Gasteiger partial charge is 0.488 e. The lowest BCUT2D eigenvalue weighted by Crippen LogP contribution is -2.42. The Kier molecular flexibility index (Phi) is 5.78. The average molecular weight is 363 g/mol. The molecule has 1 aliphatic heterocycles. The van der Waals surface area contributed by atoms with Crippen molar-refractivity contribution in [1.82, 2.24) is 4.90 Å². The molecule has 1 aromatic carbocycles. The molecule has 2 aliphatic rings. The molecule has 7 nitrogen and oxygen atoms in total. The van der Waals surface area contributed by atoms with E-state index in [9.17, 15) is 14.7 Å². The number of esters is 1. The highest BCUT2D eigenvalue weighted by molar-refractivity contribution is 5.89. The number of carbonyl (C=O) groups is 2. The van der Waals surface area contributed by atoms with E-state index >= 15 is 0 Å². The van der Waals surface area contributed by atoms with E-state index in [1.807, 2.05) is 0 Å². The fraction of sp³-hybridized carbons (Fsp3) is 0.579. The second kappa shape index (κ2) is 8.05. The summed E-state index contributed by atoms with van der Waals surface area (Å²) < 4.78 is 10.7. The van der Waals surface area contributed by atoms with Gasteiger partial charge in [-0.3, -0.25) is 4.79 Å². The van der Waals surface area contributed by atoms with Gasteiger partial charge < -0.3 is 24.6 Å². The van der Waals surface area contributed by atoms with Crippen molar-refractivity contribution < 1.29 is 29.3 Å². The molecule has 0 spiro atoms. The molecule has 3 rings (SSSR count). The van der Waals surface area contributed by atoms with Gasteiger partial charge in [0.25, 0.3) is 0 Å². The quantitative estimate of drug-likeness (QED) is 0.753. The molecule has 1 saturated heterocycles. The maximum atomic E-state index is 12.0. The lowest BCUT2D eigenvalue weighted by atomic mass is 9.78. The van der Waals surface area contributed by atoms with Crippen LogP contribution < -0.4 is 4.74 Å². The molecular formula is C19H25NO6. The average Bonchev–Trinajstić information content (AvgIpc) is 3.04. The van der Waals surface area contributed by atoms with E-state index in [4.69, 9.17) is 14.6 Å². The third-order valence-electron chi connectivity index (χ3n) is 5.31. The zero-order valence-electron chi connectivity index (χ0n) is 14.8. The van der Waals surface area contributed by atoms with Crippen molar-refractivity contribution in [2.24, 2.45) is 11.8 Å². The summed E-state index contributed by atoms with van der Waals surface area (Å²) in [4.78, 5) is 25.4. The molecule has 26 heavy (non-hydrogen) atoms. The Morgan fingerprint density at radius 1 is 1.23 bits per heavy atom. The number of rotatable bonds is 5. The molecule has 0 unspecified atom stereocenters. The predicted molar refractivity (Wildman–Crippen MR) is 92.7 cm³/mol. The Morgan fingerprint density at radius 2 is 1.96 bits per heavy atom. The van der Waals surface area contributed by atoms with Gasteiger partial charge in [-0.2, -0.15) is 0 Å². The Labute approximate surface area is 152 Å². The second-order valence-corrected chi connectivity index (χ2v) is 7.01. The number of nitrogens with zero attached hydrogens (tertiary/aromatic N) is 1. The van der Waals surface area contributed by atoms with Crippen LogP contribution in [0.1, 0.15) is 29.6 Å². The first-order chi connectivity index (χ1) is 12.5. The Morgan fingerprint density at radius 3 is 2.65 bits per heavy atom. The van der Waals surface area contributed by atoms with Crippen LogP contribution in [0.3, 0.4) is 0 Å². The van der Waals surface area contributed by atoms with E-state index in [1.165, 1.54) is 7.11 Å². The van der Waals surface area contributed by atoms with E-state index < -0.39 is 12.1 Å². The van der Waals surface area contributed by atoms with Crippen molar-refractivity contribution in [3.8, 4) is 5.75 Å². The fourth-order valence-corrected chi connectivity index (χ4v) is 3.96. The van der Waals surface area contributed by atoms with E-state index in [0.29, 0.717) is 37.2 Å². The molecule has 1 aliphatic carbocycles. The number of aliphatic hydroxyl groups is 2. The minimum atomic E-state index is -0.620. The van der Waals surface area contributed by atoms with Gasteiger partial charge in [0.15, 0.2) is 0 Å². The summed E-state index contributed by atoms with van der Waals surface area (Å²) in [6, 6.07) is 6.71. The molecule has 0 aromatic heterocycles. The van der Waals surface area contributed by atoms with Crippen molar-refractivity contribution in [2.75, 3.05) is 26.8 Å². The normalized spacial score (nSPS) is 27.7. The maximum Gasteiger partial charge on any atom is 0.337 e. The molecule has 2 N–H and O–H groups in total. The lowest BCUT2D eigenvalue weighted by Gasteiger charge is -2.35. The van der Waals surface area contributed by atoms with Gasteiger partial charge in [0.1, 0.15) is 11.9 Å². The van der Waals surface area contributed by atoms with Crippen LogP contribution in [-0.2, 0) is 9.53 Å². The highest BCUT2D eigenvalue weighted by atomic mass is 16.5. The minimum absolute atomic E-state index is 0.0420. The highest BCUT2D eigenvalue weighted by Crippen LogP contribution is 2.38. The summed E-state index contributed by atoms with van der Waals surface area (Å²) in [5, 5.41) is 19.4. The summed E-state index contributed by atoms with van der Waals surface area (Å²) in [7, 11) is 1.32. The number of fused-ring (bicyclic) bond motifs is 1. The van der Waals surface area contributed by atoms with Crippen molar-refractivity contribution >= 4 is 11.9 Å². The smallest absolute Gasteiger partial charge is 0.337 e. The van der Waals surface area contributed by atoms with Gasteiger partial charge in [0, 0.05) is 19.5 Å². The van der Waals surface area contributed by atoms with Crippen molar-refractivity contribution in [3.63, 3.8) is 0 Å². The molecule has 1 saturated carbocycles. The standard InChI is InChI=1S/C19H25NO6/c1-25-19(24)12-3-2-4-15(7-12)26-17-9-14-11-20(18(23)5-6-21)10-13(14)8-16(17)22/h2-4,7,13-14,16-17,21-22H,5-6,8-11H2,1H3/t13-,14+,16+,17+/m0/s1. The molecule has 142 valence electrons. The van der Waals surface area contributed by atoms with Gasteiger partial charge in [0.2, 0.25) is 5.91 Å². The number of ether oxygens (including phenoxy) is 2. The highest BCUT2D eigenvalue weighted by Gasteiger charge is 2.43. The number of amides is 1. The number of likely N-dealkylation sites (tertiary alicyclic amines) is 1. The number of carbonyl (C=O) groups excluding carboxylic acids is 2. The van der Waals surface area contributed by atoms with E-state index in [1.54, 1.807) is 29.2 Å². The molecule has 0 radical (unpaired) electrons. The Hall–Kier alpha value is -2.12. The zero-order chi connectivity index (χ0) is 18.7. The number of hydrogen-bond acceptors (Lipinski definition) is 6. The molecule has 0 bridgehead atoms. The van der Waals surface area contributed by atoms with Crippen LogP contribution in [0.5, 0.6) is 5.75 Å². The number of aliphatic hydroxyl groups excluding tert-OH is 2. The van der Waals surface area contributed by atoms with Crippen LogP contribution in [0.15, 0.2) is 24.3 Å². The van der Waals surface area contributed by atoms with Crippen molar-refractivity contribution in [1.29, 1.82) is 0 Å². The van der Waals surface area contributed by atoms with Gasteiger partial charge in [-0.15, -0.1) is 0 Å². The van der Waals surface area contributed by atoms with Crippen LogP contribution in [0.25, 0.3) is 0 Å². The Balaban J connectivity index is 1.64. The molecule has 4 atom stereocenters. The van der Waals surface area contributed by atoms with Crippen LogP contribution in [0, 0.1) is 11.8 Å². The summed E-state index contributed by atoms with van der Waals surface area (Å²) in [6.45, 7) is 1.12. The lowest BCUT2D eigenvalue weighted by molar-refractivity contribution is -0.131. The molecular weight excluding hydrogens is 338 g/mol. The third kappa shape index (κ3) is 3.99. The number of methoxy groups -OCH3 is 1. The summed E-state index contributed by atoms with van der Waals surface area (Å²) >= 11 is 0. The fourth-order valence-electron chi connectivity index (χ4n) is 3.96. The van der Waals surface area contributed by atoms with E-state index in [-0.39, 0.29) is 36.9 Å². The van der Waals surface area contributed by atoms with Crippen LogP contribution in [-0.4, -0.2) is 66.0 Å². The summed E-state index contributed by atoms with van der Waals surface area (Å²) in [5.41, 5.74) is 0.398. The zero-order valence-corrected chi connectivity index (χ0v) is 14.8. The first kappa shape index (κ1) is 18.7. The first-order valence-electron chi connectivity index (χ1n) is 8.93. The second-order valence-electron chi connectivity index (χ2n) is 7.01. The van der Waals surface area contributed by atoms with Gasteiger partial charge in [-0.1, -0.05) is 6.07 Å². The summed E-state index contributed by atoms with van der Waals surface area (Å²) in [6.07, 6.45) is 0.372. The van der Waals surface area contributed by atoms with Crippen molar-refractivity contribution in [3.05, 3.63) is 29.8 Å². The van der Waals surface area contributed by atoms with Crippen LogP contribution in [0.4, 0.5) is 0 Å². The number of benzene rings is 1. The van der Waals surface area contributed by atoms with Gasteiger partial charge in [-0.25, -0.2) is 4.79 Å². The van der Waals surface area contributed by atoms with Crippen molar-refractivity contribution in [2.45, 2.75) is 31.5 Å². The predicted octanol–water partition coefficient (Wildman–Crippen LogP) is 0.832. The molecule has 1 aromatic rings. The molecule has 7 heteroatoms. The first-order valence-corrected chi connectivity index (χ1v) is 8.93. The van der Waals surface area contributed by atoms with Gasteiger partial charge in [0.05, 0.1) is 25.4 Å². The SMILES string of the molecule is COC(=O)c1cccc(O[C@@H]2C[C@@H]3CN(C(=O)CCO)C[C@@H]3C[C@H]2O)c1. The number of hydrogen-bond donors (Lipinski definition) is 2. The maximum absolute atomic E-state index is 12.0. The molecule has 1 amide bonds. The van der Waals surface area contributed by atoms with Gasteiger partial charge in [-0.05, 0) is 42.9 Å². The van der Waals surface area contributed by atoms with Gasteiger partial charge >= 0.3 is 5.97 Å².